The van der Waals surface area contributed by atoms with Crippen LogP contribution in [0.15, 0.2) is 36.7 Å². The molecule has 1 aliphatic carbocycles. The molecule has 2 aromatic rings. The number of hydrogen-bond donors (Lipinski definition) is 1. The number of nitrogens with zero attached hydrogens (tertiary/aromatic N) is 3. The van der Waals surface area contributed by atoms with Crippen LogP contribution in [0.4, 0.5) is 0 Å². The van der Waals surface area contributed by atoms with Crippen LogP contribution in [0, 0.1) is 5.41 Å². The molecule has 1 N–H and O–H groups in total. The maximum atomic E-state index is 6.18. The van der Waals surface area contributed by atoms with Gasteiger partial charge in [0.05, 0.1) is 18.8 Å². The van der Waals surface area contributed by atoms with E-state index in [1.807, 2.05) is 10.7 Å². The van der Waals surface area contributed by atoms with Crippen molar-refractivity contribution in [2.24, 2.45) is 5.41 Å². The second-order valence-electron chi connectivity index (χ2n) is 7.60. The third-order valence-electron chi connectivity index (χ3n) is 5.69. The van der Waals surface area contributed by atoms with E-state index in [1.165, 1.54) is 5.56 Å². The largest absolute Gasteiger partial charge is 0.373 e. The maximum absolute atomic E-state index is 6.18. The minimum Gasteiger partial charge on any atom is -0.373 e. The highest BCUT2D eigenvalue weighted by atomic mass is 16.5. The van der Waals surface area contributed by atoms with Crippen LogP contribution in [-0.4, -0.2) is 26.9 Å². The van der Waals surface area contributed by atoms with Crippen molar-refractivity contribution < 1.29 is 4.74 Å². The minimum atomic E-state index is 0.136. The maximum Gasteiger partial charge on any atom is 0.143 e. The number of aryl methyl sites for hydroxylation is 1. The Hall–Kier alpha value is -1.72. The van der Waals surface area contributed by atoms with Gasteiger partial charge in [-0.25, -0.2) is 9.67 Å². The highest BCUT2D eigenvalue weighted by molar-refractivity contribution is 5.14. The summed E-state index contributed by atoms with van der Waals surface area (Å²) in [7, 11) is 0. The van der Waals surface area contributed by atoms with Gasteiger partial charge >= 0.3 is 0 Å². The second kappa shape index (κ2) is 6.30. The van der Waals surface area contributed by atoms with E-state index in [4.69, 9.17) is 4.74 Å². The highest BCUT2D eigenvalue weighted by Crippen LogP contribution is 2.44. The first-order valence-corrected chi connectivity index (χ1v) is 8.94. The fraction of sp³-hybridized carbons (Fsp3) is 0.579. The number of fused-ring (bicyclic) bond motifs is 1. The first-order chi connectivity index (χ1) is 11.6. The van der Waals surface area contributed by atoms with Crippen LogP contribution in [0.1, 0.15) is 50.5 Å². The van der Waals surface area contributed by atoms with Gasteiger partial charge in [0.2, 0.25) is 0 Å². The van der Waals surface area contributed by atoms with Gasteiger partial charge in [0.1, 0.15) is 12.2 Å². The Morgan fingerprint density at radius 2 is 2.12 bits per heavy atom. The van der Waals surface area contributed by atoms with Gasteiger partial charge in [-0.15, -0.1) is 0 Å². The summed E-state index contributed by atoms with van der Waals surface area (Å²) in [5.74, 6) is 1.09. The van der Waals surface area contributed by atoms with Crippen LogP contribution in [0.25, 0.3) is 0 Å². The summed E-state index contributed by atoms with van der Waals surface area (Å²) in [5, 5.41) is 8.13. The summed E-state index contributed by atoms with van der Waals surface area (Å²) in [6.45, 7) is 6.29. The van der Waals surface area contributed by atoms with Crippen LogP contribution in [0.2, 0.25) is 0 Å². The number of aromatic nitrogens is 3. The molecule has 1 aliphatic heterocycles. The SMILES string of the molecule is CC1(C)[C@H](N[C@H]2CCCn3ncnc32)C[C@H]1OCc1ccccc1. The van der Waals surface area contributed by atoms with Crippen LogP contribution in [0.5, 0.6) is 0 Å². The minimum absolute atomic E-state index is 0.136. The molecule has 1 saturated carbocycles. The van der Waals surface area contributed by atoms with Crippen molar-refractivity contribution in [1.29, 1.82) is 0 Å². The molecule has 0 radical (unpaired) electrons. The molecule has 2 heterocycles. The predicted molar refractivity (Wildman–Crippen MR) is 92.3 cm³/mol. The molecule has 0 unspecified atom stereocenters. The van der Waals surface area contributed by atoms with Gasteiger partial charge in [-0.2, -0.15) is 5.10 Å². The Balaban J connectivity index is 1.34. The Morgan fingerprint density at radius 3 is 2.92 bits per heavy atom. The fourth-order valence-electron chi connectivity index (χ4n) is 3.91. The van der Waals surface area contributed by atoms with Crippen LogP contribution >= 0.6 is 0 Å². The van der Waals surface area contributed by atoms with E-state index in [0.29, 0.717) is 24.8 Å². The smallest absolute Gasteiger partial charge is 0.143 e. The molecule has 5 nitrogen and oxygen atoms in total. The topological polar surface area (TPSA) is 52.0 Å². The standard InChI is InChI=1S/C19H26N4O/c1-19(2)16(11-17(19)24-12-14-7-4-3-5-8-14)22-15-9-6-10-23-18(15)20-13-21-23/h3-5,7-8,13,15-17,22H,6,9-12H2,1-2H3/t15-,16+,17+/m0/s1. The molecule has 2 aliphatic rings. The highest BCUT2D eigenvalue weighted by Gasteiger charge is 2.49. The summed E-state index contributed by atoms with van der Waals surface area (Å²) in [6.07, 6.45) is 5.34. The zero-order valence-corrected chi connectivity index (χ0v) is 14.5. The van der Waals surface area contributed by atoms with E-state index in [0.717, 1.165) is 31.6 Å². The predicted octanol–water partition coefficient (Wildman–Crippen LogP) is 3.09. The molecule has 5 heteroatoms. The van der Waals surface area contributed by atoms with Gasteiger partial charge in [-0.1, -0.05) is 44.2 Å². The molecular weight excluding hydrogens is 300 g/mol. The molecule has 1 fully saturated rings. The summed E-state index contributed by atoms with van der Waals surface area (Å²) in [5.41, 5.74) is 1.38. The van der Waals surface area contributed by atoms with Crippen molar-refractivity contribution in [3.05, 3.63) is 48.0 Å². The quantitative estimate of drug-likeness (QED) is 0.917. The Bertz CT molecular complexity index is 682. The van der Waals surface area contributed by atoms with Gasteiger partial charge in [0.15, 0.2) is 0 Å². The molecule has 24 heavy (non-hydrogen) atoms. The lowest BCUT2D eigenvalue weighted by molar-refractivity contribution is -0.127. The lowest BCUT2D eigenvalue weighted by Gasteiger charge is -2.53. The third kappa shape index (κ3) is 2.87. The zero-order chi connectivity index (χ0) is 16.6. The number of nitrogens with one attached hydrogen (secondary N) is 1. The monoisotopic (exact) mass is 326 g/mol. The van der Waals surface area contributed by atoms with E-state index >= 15 is 0 Å². The molecule has 1 aromatic heterocycles. The Labute approximate surface area is 143 Å². The van der Waals surface area contributed by atoms with Gasteiger partial charge in [0, 0.05) is 18.0 Å². The average molecular weight is 326 g/mol. The zero-order valence-electron chi connectivity index (χ0n) is 14.5. The van der Waals surface area contributed by atoms with Gasteiger partial charge in [-0.05, 0) is 24.8 Å². The summed E-state index contributed by atoms with van der Waals surface area (Å²) >= 11 is 0. The molecular formula is C19H26N4O. The molecule has 0 spiro atoms. The van der Waals surface area contributed by atoms with Crippen molar-refractivity contribution in [3.63, 3.8) is 0 Å². The lowest BCUT2D eigenvalue weighted by atomic mass is 9.64. The van der Waals surface area contributed by atoms with Crippen LogP contribution < -0.4 is 5.32 Å². The van der Waals surface area contributed by atoms with E-state index in [1.54, 1.807) is 6.33 Å². The number of ether oxygens (including phenoxy) is 1. The van der Waals surface area contributed by atoms with E-state index in [9.17, 15) is 0 Å². The van der Waals surface area contributed by atoms with E-state index < -0.39 is 0 Å². The fourth-order valence-corrected chi connectivity index (χ4v) is 3.91. The first kappa shape index (κ1) is 15.8. The summed E-state index contributed by atoms with van der Waals surface area (Å²) in [4.78, 5) is 4.45. The first-order valence-electron chi connectivity index (χ1n) is 8.94. The van der Waals surface area contributed by atoms with Crippen molar-refractivity contribution in [3.8, 4) is 0 Å². The molecule has 3 atom stereocenters. The van der Waals surface area contributed by atoms with Crippen molar-refractivity contribution in [1.82, 2.24) is 20.1 Å². The third-order valence-corrected chi connectivity index (χ3v) is 5.69. The van der Waals surface area contributed by atoms with E-state index in [-0.39, 0.29) is 5.41 Å². The molecule has 1 aromatic carbocycles. The van der Waals surface area contributed by atoms with Gasteiger partial charge in [0.25, 0.3) is 0 Å². The van der Waals surface area contributed by atoms with Crippen LogP contribution in [0.3, 0.4) is 0 Å². The molecule has 0 bridgehead atoms. The summed E-state index contributed by atoms with van der Waals surface area (Å²) in [6, 6.07) is 11.2. The lowest BCUT2D eigenvalue weighted by Crippen LogP contribution is -2.61. The van der Waals surface area contributed by atoms with Gasteiger partial charge < -0.3 is 10.1 Å². The van der Waals surface area contributed by atoms with Crippen LogP contribution in [-0.2, 0) is 17.9 Å². The Morgan fingerprint density at radius 1 is 1.29 bits per heavy atom. The molecule has 0 saturated heterocycles. The number of rotatable bonds is 5. The summed E-state index contributed by atoms with van der Waals surface area (Å²) < 4.78 is 8.22. The molecule has 128 valence electrons. The van der Waals surface area contributed by atoms with E-state index in [2.05, 4.69) is 53.5 Å². The number of benzene rings is 1. The van der Waals surface area contributed by atoms with Crippen molar-refractivity contribution in [2.45, 2.75) is 64.4 Å². The average Bonchev–Trinajstić information content (AvgIpc) is 3.07. The van der Waals surface area contributed by atoms with Crippen molar-refractivity contribution >= 4 is 0 Å². The van der Waals surface area contributed by atoms with Gasteiger partial charge in [-0.3, -0.25) is 0 Å². The normalized spacial score (nSPS) is 28.2. The Kier molecular flexibility index (Phi) is 4.14. The van der Waals surface area contributed by atoms with Crippen molar-refractivity contribution in [2.75, 3.05) is 0 Å². The number of hydrogen-bond acceptors (Lipinski definition) is 4. The molecule has 0 amide bonds. The molecule has 4 rings (SSSR count). The second-order valence-corrected chi connectivity index (χ2v) is 7.60.